The second-order valence-corrected chi connectivity index (χ2v) is 9.11. The molecule has 0 atom stereocenters. The van der Waals surface area contributed by atoms with Crippen molar-refractivity contribution < 1.29 is 13.2 Å². The van der Waals surface area contributed by atoms with Crippen molar-refractivity contribution in [3.63, 3.8) is 0 Å². The van der Waals surface area contributed by atoms with Gasteiger partial charge in [0.1, 0.15) is 10.7 Å². The lowest BCUT2D eigenvalue weighted by Gasteiger charge is -2.29. The second kappa shape index (κ2) is 7.65. The van der Waals surface area contributed by atoms with Crippen molar-refractivity contribution >= 4 is 27.7 Å². The summed E-state index contributed by atoms with van der Waals surface area (Å²) in [6, 6.07) is 10.2. The number of hydrogen-bond donors (Lipinski definition) is 2. The van der Waals surface area contributed by atoms with Crippen molar-refractivity contribution in [2.45, 2.75) is 30.7 Å². The molecule has 2 aliphatic rings. The summed E-state index contributed by atoms with van der Waals surface area (Å²) in [5, 5.41) is 7.05. The van der Waals surface area contributed by atoms with Gasteiger partial charge in [-0.3, -0.25) is 4.79 Å². The van der Waals surface area contributed by atoms with Gasteiger partial charge in [0, 0.05) is 31.4 Å². The SMILES string of the molecule is O=C(NCc1cccnc1N1CCCCC1)c1nc2n(n1)-c1ccccc1S(=O)(=O)N2. The summed E-state index contributed by atoms with van der Waals surface area (Å²) in [6.45, 7) is 2.17. The summed E-state index contributed by atoms with van der Waals surface area (Å²) in [7, 11) is -3.76. The zero-order chi connectivity index (χ0) is 21.4. The summed E-state index contributed by atoms with van der Waals surface area (Å²) in [5.41, 5.74) is 1.26. The van der Waals surface area contributed by atoms with E-state index >= 15 is 0 Å². The van der Waals surface area contributed by atoms with Crippen LogP contribution in [0.1, 0.15) is 35.4 Å². The molecule has 0 unspecified atom stereocenters. The molecule has 10 nitrogen and oxygen atoms in total. The van der Waals surface area contributed by atoms with E-state index in [0.29, 0.717) is 5.69 Å². The summed E-state index contributed by atoms with van der Waals surface area (Å²) in [6.07, 6.45) is 5.23. The number of aromatic nitrogens is 4. The van der Waals surface area contributed by atoms with Crippen molar-refractivity contribution in [3.05, 3.63) is 54.0 Å². The van der Waals surface area contributed by atoms with E-state index in [9.17, 15) is 13.2 Å². The lowest BCUT2D eigenvalue weighted by Crippen LogP contribution is -2.32. The molecule has 2 aliphatic heterocycles. The van der Waals surface area contributed by atoms with Crippen LogP contribution in [0.3, 0.4) is 0 Å². The molecule has 2 N–H and O–H groups in total. The Morgan fingerprint density at radius 2 is 1.90 bits per heavy atom. The number of nitrogens with one attached hydrogen (secondary N) is 2. The monoisotopic (exact) mass is 439 g/mol. The molecular weight excluding hydrogens is 418 g/mol. The van der Waals surface area contributed by atoms with Gasteiger partial charge in [-0.05, 0) is 37.5 Å². The number of rotatable bonds is 4. The summed E-state index contributed by atoms with van der Waals surface area (Å²) < 4.78 is 28.5. The number of benzene rings is 1. The van der Waals surface area contributed by atoms with E-state index in [-0.39, 0.29) is 23.2 Å². The van der Waals surface area contributed by atoms with Crippen LogP contribution in [0.2, 0.25) is 0 Å². The van der Waals surface area contributed by atoms with Crippen LogP contribution in [0.15, 0.2) is 47.5 Å². The van der Waals surface area contributed by atoms with Gasteiger partial charge in [0.15, 0.2) is 0 Å². The van der Waals surface area contributed by atoms with Crippen LogP contribution < -0.4 is 14.9 Å². The molecule has 5 rings (SSSR count). The van der Waals surface area contributed by atoms with E-state index in [1.165, 1.54) is 17.2 Å². The number of nitrogens with zero attached hydrogens (tertiary/aromatic N) is 5. The Balaban J connectivity index is 1.37. The van der Waals surface area contributed by atoms with Crippen molar-refractivity contribution in [1.29, 1.82) is 0 Å². The highest BCUT2D eigenvalue weighted by molar-refractivity contribution is 7.92. The molecule has 1 saturated heterocycles. The van der Waals surface area contributed by atoms with E-state index in [1.54, 1.807) is 24.4 Å². The van der Waals surface area contributed by atoms with E-state index in [0.717, 1.165) is 37.3 Å². The first-order valence-electron chi connectivity index (χ1n) is 10.1. The molecule has 3 aromatic rings. The number of amides is 1. The van der Waals surface area contributed by atoms with Crippen molar-refractivity contribution in [2.75, 3.05) is 22.7 Å². The van der Waals surface area contributed by atoms with Gasteiger partial charge in [0.25, 0.3) is 15.9 Å². The van der Waals surface area contributed by atoms with E-state index in [4.69, 9.17) is 0 Å². The highest BCUT2D eigenvalue weighted by atomic mass is 32.2. The maximum absolute atomic E-state index is 12.7. The average molecular weight is 440 g/mol. The summed E-state index contributed by atoms with van der Waals surface area (Å²) in [5.74, 6) is 0.255. The number of carbonyl (C=O) groups is 1. The highest BCUT2D eigenvalue weighted by Gasteiger charge is 2.31. The maximum Gasteiger partial charge on any atom is 0.291 e. The quantitative estimate of drug-likeness (QED) is 0.634. The molecule has 1 amide bonds. The normalized spacial score (nSPS) is 16.7. The molecule has 2 aromatic heterocycles. The summed E-state index contributed by atoms with van der Waals surface area (Å²) >= 11 is 0. The Labute approximate surface area is 179 Å². The smallest absolute Gasteiger partial charge is 0.291 e. The first-order chi connectivity index (χ1) is 15.0. The molecule has 1 aromatic carbocycles. The van der Waals surface area contributed by atoms with Gasteiger partial charge in [0.05, 0.1) is 5.69 Å². The summed E-state index contributed by atoms with van der Waals surface area (Å²) in [4.78, 5) is 23.7. The van der Waals surface area contributed by atoms with Gasteiger partial charge in [-0.1, -0.05) is 18.2 Å². The standard InChI is InChI=1S/C20H21N7O3S/c28-19(22-13-14-7-6-10-21-18(14)26-11-4-1-5-12-26)17-23-20-25-31(29,30)16-9-3-2-8-15(16)27(20)24-17/h2-3,6-10H,1,4-5,11-13H2,(H,22,28)(H,23,24,25). The minimum atomic E-state index is -3.76. The molecular formula is C20H21N7O3S. The first kappa shape index (κ1) is 19.5. The van der Waals surface area contributed by atoms with Gasteiger partial charge in [-0.15, -0.1) is 5.10 Å². The Bertz CT molecular complexity index is 1250. The van der Waals surface area contributed by atoms with Crippen LogP contribution in [-0.4, -0.2) is 47.2 Å². The molecule has 4 heterocycles. The molecule has 11 heteroatoms. The second-order valence-electron chi connectivity index (χ2n) is 7.46. The Morgan fingerprint density at radius 1 is 1.10 bits per heavy atom. The maximum atomic E-state index is 12.7. The van der Waals surface area contributed by atoms with Crippen LogP contribution >= 0.6 is 0 Å². The minimum absolute atomic E-state index is 0.0146. The molecule has 160 valence electrons. The molecule has 0 radical (unpaired) electrons. The van der Waals surface area contributed by atoms with Crippen LogP contribution in [0, 0.1) is 0 Å². The molecule has 31 heavy (non-hydrogen) atoms. The molecule has 0 spiro atoms. The topological polar surface area (TPSA) is 122 Å². The fourth-order valence-electron chi connectivity index (χ4n) is 3.89. The Morgan fingerprint density at radius 3 is 2.74 bits per heavy atom. The van der Waals surface area contributed by atoms with Gasteiger partial charge < -0.3 is 10.2 Å². The zero-order valence-electron chi connectivity index (χ0n) is 16.7. The van der Waals surface area contributed by atoms with Crippen molar-refractivity contribution in [1.82, 2.24) is 25.1 Å². The Hall–Kier alpha value is -3.47. The number of anilines is 2. The number of para-hydroxylation sites is 1. The third kappa shape index (κ3) is 3.61. The molecule has 0 saturated carbocycles. The highest BCUT2D eigenvalue weighted by Crippen LogP contribution is 2.29. The average Bonchev–Trinajstić information content (AvgIpc) is 3.22. The lowest BCUT2D eigenvalue weighted by molar-refractivity contribution is 0.0940. The van der Waals surface area contributed by atoms with Gasteiger partial charge in [-0.2, -0.15) is 9.67 Å². The fourth-order valence-corrected chi connectivity index (χ4v) is 5.06. The van der Waals surface area contributed by atoms with Gasteiger partial charge in [0.2, 0.25) is 11.8 Å². The number of sulfonamides is 1. The molecule has 1 fully saturated rings. The van der Waals surface area contributed by atoms with E-state index < -0.39 is 15.9 Å². The van der Waals surface area contributed by atoms with Gasteiger partial charge >= 0.3 is 0 Å². The van der Waals surface area contributed by atoms with Crippen molar-refractivity contribution in [3.8, 4) is 5.69 Å². The number of pyridine rings is 1. The van der Waals surface area contributed by atoms with Gasteiger partial charge in [-0.25, -0.2) is 18.1 Å². The molecule has 0 aliphatic carbocycles. The predicted molar refractivity (Wildman–Crippen MR) is 114 cm³/mol. The van der Waals surface area contributed by atoms with Crippen LogP contribution in [0.4, 0.5) is 11.8 Å². The van der Waals surface area contributed by atoms with Crippen LogP contribution in [-0.2, 0) is 16.6 Å². The Kier molecular flexibility index (Phi) is 4.81. The number of piperidine rings is 1. The third-order valence-electron chi connectivity index (χ3n) is 5.38. The zero-order valence-corrected chi connectivity index (χ0v) is 17.5. The first-order valence-corrected chi connectivity index (χ1v) is 11.6. The number of hydrogen-bond acceptors (Lipinski definition) is 7. The molecule has 0 bridgehead atoms. The fraction of sp³-hybridized carbons (Fsp3) is 0.300. The third-order valence-corrected chi connectivity index (χ3v) is 6.76. The number of carbonyl (C=O) groups excluding carboxylic acids is 1. The number of fused-ring (bicyclic) bond motifs is 3. The minimum Gasteiger partial charge on any atom is -0.356 e. The lowest BCUT2D eigenvalue weighted by atomic mass is 10.1. The largest absolute Gasteiger partial charge is 0.356 e. The van der Waals surface area contributed by atoms with Crippen LogP contribution in [0.5, 0.6) is 0 Å². The van der Waals surface area contributed by atoms with E-state index in [1.807, 2.05) is 12.1 Å². The van der Waals surface area contributed by atoms with Crippen molar-refractivity contribution in [2.24, 2.45) is 0 Å². The predicted octanol–water partition coefficient (Wildman–Crippen LogP) is 1.70. The van der Waals surface area contributed by atoms with Crippen LogP contribution in [0.25, 0.3) is 5.69 Å². The van der Waals surface area contributed by atoms with E-state index in [2.05, 4.69) is 30.0 Å².